The van der Waals surface area contributed by atoms with Crippen LogP contribution in [0.3, 0.4) is 0 Å². The number of nitrogens with zero attached hydrogens (tertiary/aromatic N) is 7. The number of nitro groups is 1. The topological polar surface area (TPSA) is 83.0 Å². The lowest BCUT2D eigenvalue weighted by molar-refractivity contribution is -0.383. The van der Waals surface area contributed by atoms with E-state index in [1.165, 1.54) is 11.8 Å². The number of fused-ring (bicyclic) bond motifs is 3. The van der Waals surface area contributed by atoms with Crippen molar-refractivity contribution in [3.05, 3.63) is 27.6 Å². The monoisotopic (exact) mass is 373 g/mol. The van der Waals surface area contributed by atoms with Gasteiger partial charge in [0, 0.05) is 50.9 Å². The molecular formula is C18H27N7O2. The summed E-state index contributed by atoms with van der Waals surface area (Å²) in [6.45, 7) is 10.1. The smallest absolute Gasteiger partial charge is 0.333 e. The molecule has 0 spiro atoms. The van der Waals surface area contributed by atoms with Crippen molar-refractivity contribution >= 4 is 17.2 Å². The SMILES string of the molecule is CCC(C)N1CCc2c(CN3CCN(C)CC3)nc3c([N+](=O)[O-])cnn3c21. The van der Waals surface area contributed by atoms with Crippen LogP contribution >= 0.6 is 0 Å². The number of piperazine rings is 1. The second-order valence-electron chi connectivity index (χ2n) is 7.66. The van der Waals surface area contributed by atoms with E-state index < -0.39 is 0 Å². The third kappa shape index (κ3) is 3.14. The summed E-state index contributed by atoms with van der Waals surface area (Å²) in [5.41, 5.74) is 2.50. The Morgan fingerprint density at radius 3 is 2.67 bits per heavy atom. The molecule has 9 nitrogen and oxygen atoms in total. The Kier molecular flexibility index (Phi) is 4.73. The van der Waals surface area contributed by atoms with E-state index in [2.05, 4.69) is 40.7 Å². The van der Waals surface area contributed by atoms with Crippen LogP contribution in [-0.4, -0.2) is 75.1 Å². The lowest BCUT2D eigenvalue weighted by atomic mass is 10.1. The van der Waals surface area contributed by atoms with Gasteiger partial charge in [-0.2, -0.15) is 9.61 Å². The Labute approximate surface area is 158 Å². The summed E-state index contributed by atoms with van der Waals surface area (Å²) in [6.07, 6.45) is 3.26. The molecule has 1 saturated heterocycles. The van der Waals surface area contributed by atoms with Gasteiger partial charge in [-0.05, 0) is 26.8 Å². The largest absolute Gasteiger partial charge is 0.353 e. The van der Waals surface area contributed by atoms with Gasteiger partial charge >= 0.3 is 5.69 Å². The molecule has 2 aromatic rings. The normalized spacial score (nSPS) is 19.6. The highest BCUT2D eigenvalue weighted by Gasteiger charge is 2.32. The number of hydrogen-bond donors (Lipinski definition) is 0. The molecule has 2 aliphatic heterocycles. The van der Waals surface area contributed by atoms with Crippen LogP contribution in [0.4, 0.5) is 11.5 Å². The van der Waals surface area contributed by atoms with Gasteiger partial charge in [-0.15, -0.1) is 0 Å². The van der Waals surface area contributed by atoms with Crippen LogP contribution in [0.25, 0.3) is 5.65 Å². The summed E-state index contributed by atoms with van der Waals surface area (Å²) < 4.78 is 1.68. The molecule has 2 aromatic heterocycles. The minimum Gasteiger partial charge on any atom is -0.353 e. The Hall–Kier alpha value is -2.26. The van der Waals surface area contributed by atoms with Gasteiger partial charge in [0.05, 0.1) is 10.6 Å². The van der Waals surface area contributed by atoms with E-state index in [0.717, 1.165) is 63.6 Å². The molecule has 0 amide bonds. The molecule has 9 heteroatoms. The predicted octanol–water partition coefficient (Wildman–Crippen LogP) is 1.55. The van der Waals surface area contributed by atoms with E-state index in [4.69, 9.17) is 4.98 Å². The van der Waals surface area contributed by atoms with Crippen molar-refractivity contribution in [1.82, 2.24) is 24.4 Å². The van der Waals surface area contributed by atoms with Crippen molar-refractivity contribution in [1.29, 1.82) is 0 Å². The molecule has 1 atom stereocenters. The standard InChI is InChI=1S/C18H27N7O2/c1-4-13(2)23-6-5-14-15(12-22-9-7-21(3)8-10-22)20-17-16(25(26)27)11-19-24(17)18(14)23/h11,13H,4-10,12H2,1-3H3. The van der Waals surface area contributed by atoms with Crippen LogP contribution in [0.15, 0.2) is 6.20 Å². The third-order valence-electron chi connectivity index (χ3n) is 5.95. The van der Waals surface area contributed by atoms with Crippen LogP contribution in [-0.2, 0) is 13.0 Å². The summed E-state index contributed by atoms with van der Waals surface area (Å²) in [4.78, 5) is 22.9. The first-order valence-corrected chi connectivity index (χ1v) is 9.71. The van der Waals surface area contributed by atoms with Gasteiger partial charge in [-0.3, -0.25) is 15.0 Å². The maximum absolute atomic E-state index is 11.5. The third-order valence-corrected chi connectivity index (χ3v) is 5.95. The Bertz CT molecular complexity index is 857. The first-order chi connectivity index (χ1) is 13.0. The van der Waals surface area contributed by atoms with E-state index in [1.807, 2.05) is 0 Å². The zero-order valence-corrected chi connectivity index (χ0v) is 16.3. The zero-order chi connectivity index (χ0) is 19.1. The number of hydrogen-bond acceptors (Lipinski definition) is 7. The highest BCUT2D eigenvalue weighted by Crippen LogP contribution is 2.35. The Balaban J connectivity index is 1.79. The van der Waals surface area contributed by atoms with Crippen LogP contribution in [0.1, 0.15) is 31.5 Å². The fourth-order valence-electron chi connectivity index (χ4n) is 4.06. The summed E-state index contributed by atoms with van der Waals surface area (Å²) in [5, 5.41) is 15.8. The van der Waals surface area contributed by atoms with Crippen LogP contribution in [0.2, 0.25) is 0 Å². The fourth-order valence-corrected chi connectivity index (χ4v) is 4.06. The molecule has 1 unspecified atom stereocenters. The number of anilines is 1. The second kappa shape index (κ2) is 7.05. The highest BCUT2D eigenvalue weighted by atomic mass is 16.6. The van der Waals surface area contributed by atoms with E-state index in [1.54, 1.807) is 4.52 Å². The van der Waals surface area contributed by atoms with Crippen molar-refractivity contribution in [2.75, 3.05) is 44.7 Å². The Morgan fingerprint density at radius 2 is 2.00 bits per heavy atom. The lowest BCUT2D eigenvalue weighted by Gasteiger charge is -2.32. The first-order valence-electron chi connectivity index (χ1n) is 9.71. The summed E-state index contributed by atoms with van der Waals surface area (Å²) >= 11 is 0. The van der Waals surface area contributed by atoms with Crippen molar-refractivity contribution in [3.8, 4) is 0 Å². The minimum atomic E-state index is -0.385. The first kappa shape index (κ1) is 18.1. The zero-order valence-electron chi connectivity index (χ0n) is 16.3. The van der Waals surface area contributed by atoms with E-state index >= 15 is 0 Å². The van der Waals surface area contributed by atoms with E-state index in [-0.39, 0.29) is 10.6 Å². The predicted molar refractivity (Wildman–Crippen MR) is 103 cm³/mol. The van der Waals surface area contributed by atoms with Crippen LogP contribution in [0.5, 0.6) is 0 Å². The van der Waals surface area contributed by atoms with Gasteiger partial charge in [-0.25, -0.2) is 4.98 Å². The van der Waals surface area contributed by atoms with Gasteiger partial charge < -0.3 is 9.80 Å². The summed E-state index contributed by atoms with van der Waals surface area (Å²) in [7, 11) is 2.14. The van der Waals surface area contributed by atoms with Crippen LogP contribution < -0.4 is 4.90 Å². The lowest BCUT2D eigenvalue weighted by Crippen LogP contribution is -2.44. The van der Waals surface area contributed by atoms with E-state index in [9.17, 15) is 10.1 Å². The maximum Gasteiger partial charge on any atom is 0.333 e. The number of likely N-dealkylation sites (N-methyl/N-ethyl adjacent to an activating group) is 1. The van der Waals surface area contributed by atoms with Gasteiger partial charge in [-0.1, -0.05) is 6.92 Å². The quantitative estimate of drug-likeness (QED) is 0.581. The summed E-state index contributed by atoms with van der Waals surface area (Å²) in [6, 6.07) is 0.358. The van der Waals surface area contributed by atoms with Gasteiger partial charge in [0.15, 0.2) is 0 Å². The molecule has 0 bridgehead atoms. The molecule has 0 aliphatic carbocycles. The van der Waals surface area contributed by atoms with Crippen molar-refractivity contribution in [3.63, 3.8) is 0 Å². The number of aromatic nitrogens is 3. The average Bonchev–Trinajstić information content (AvgIpc) is 3.27. The second-order valence-corrected chi connectivity index (χ2v) is 7.66. The molecule has 0 N–H and O–H groups in total. The van der Waals surface area contributed by atoms with Crippen molar-refractivity contribution in [2.24, 2.45) is 0 Å². The summed E-state index contributed by atoms with van der Waals surface area (Å²) in [5.74, 6) is 0.992. The van der Waals surface area contributed by atoms with Gasteiger partial charge in [0.1, 0.15) is 12.0 Å². The highest BCUT2D eigenvalue weighted by molar-refractivity contribution is 5.67. The molecule has 27 heavy (non-hydrogen) atoms. The molecule has 146 valence electrons. The molecule has 0 aromatic carbocycles. The Morgan fingerprint density at radius 1 is 1.26 bits per heavy atom. The molecule has 2 aliphatic rings. The molecule has 0 radical (unpaired) electrons. The van der Waals surface area contributed by atoms with Crippen LogP contribution in [0, 0.1) is 10.1 Å². The fraction of sp³-hybridized carbons (Fsp3) is 0.667. The number of rotatable bonds is 5. The maximum atomic E-state index is 11.5. The van der Waals surface area contributed by atoms with E-state index in [0.29, 0.717) is 11.7 Å². The molecular weight excluding hydrogens is 346 g/mol. The molecule has 0 saturated carbocycles. The average molecular weight is 373 g/mol. The molecule has 4 rings (SSSR count). The molecule has 4 heterocycles. The van der Waals surface area contributed by atoms with Gasteiger partial charge in [0.25, 0.3) is 0 Å². The minimum absolute atomic E-state index is 0.0200. The van der Waals surface area contributed by atoms with Crippen molar-refractivity contribution in [2.45, 2.75) is 39.3 Å². The molecule has 1 fully saturated rings. The van der Waals surface area contributed by atoms with Crippen molar-refractivity contribution < 1.29 is 4.92 Å². The van der Waals surface area contributed by atoms with Gasteiger partial charge in [0.2, 0.25) is 5.65 Å².